The summed E-state index contributed by atoms with van der Waals surface area (Å²) in [4.78, 5) is 0. The van der Waals surface area contributed by atoms with Gasteiger partial charge in [0.15, 0.2) is 0 Å². The van der Waals surface area contributed by atoms with E-state index in [2.05, 4.69) is 159 Å². The third kappa shape index (κ3) is 10.4. The second kappa shape index (κ2) is 16.8. The average Bonchev–Trinajstić information content (AvgIpc) is 3.56. The van der Waals surface area contributed by atoms with Crippen LogP contribution in [-0.4, -0.2) is 3.71 Å². The quantitative estimate of drug-likeness (QED) is 0.185. The first-order valence-corrected chi connectivity index (χ1v) is 21.3. The molecule has 4 saturated carbocycles. The van der Waals surface area contributed by atoms with Crippen molar-refractivity contribution in [1.82, 2.24) is 0 Å². The monoisotopic (exact) mass is 824 g/mol. The van der Waals surface area contributed by atoms with Crippen LogP contribution in [0.15, 0.2) is 84.0 Å². The molecule has 4 aromatic rings. The number of hydrogen-bond acceptors (Lipinski definition) is 0. The van der Waals surface area contributed by atoms with Crippen LogP contribution in [0.25, 0.3) is 21.5 Å². The topological polar surface area (TPSA) is 0 Å². The maximum Gasteiger partial charge on any atom is -0.0145 e. The number of benzene rings is 3. The molecule has 0 aliphatic heterocycles. The fourth-order valence-corrected chi connectivity index (χ4v) is 10.5. The molecule has 0 radical (unpaired) electrons. The van der Waals surface area contributed by atoms with E-state index in [1.807, 2.05) is 0 Å². The van der Waals surface area contributed by atoms with Gasteiger partial charge in [0.2, 0.25) is 0 Å². The molecule has 3 heteroatoms. The molecule has 284 valence electrons. The van der Waals surface area contributed by atoms with Crippen LogP contribution in [0.4, 0.5) is 0 Å². The predicted octanol–water partition coefficient (Wildman–Crippen LogP) is 7.91. The van der Waals surface area contributed by atoms with Crippen LogP contribution >= 0.6 is 0 Å². The largest absolute Gasteiger partial charge is 1.00 e. The van der Waals surface area contributed by atoms with Crippen molar-refractivity contribution in [2.75, 3.05) is 0 Å². The van der Waals surface area contributed by atoms with E-state index < -0.39 is 0 Å². The summed E-state index contributed by atoms with van der Waals surface area (Å²) in [7, 11) is 0. The second-order valence-electron chi connectivity index (χ2n) is 20.1. The molecule has 0 heterocycles. The van der Waals surface area contributed by atoms with Gasteiger partial charge in [-0.25, -0.2) is 5.57 Å². The van der Waals surface area contributed by atoms with Gasteiger partial charge >= 0.3 is 89.5 Å². The minimum atomic E-state index is 0. The molecule has 0 amide bonds. The maximum absolute atomic E-state index is 3.57. The van der Waals surface area contributed by atoms with Crippen LogP contribution in [0, 0.1) is 35.2 Å². The molecule has 5 aliphatic carbocycles. The van der Waals surface area contributed by atoms with Crippen molar-refractivity contribution in [1.29, 1.82) is 0 Å². The first-order chi connectivity index (χ1) is 23.8. The van der Waals surface area contributed by atoms with Crippen molar-refractivity contribution in [3.05, 3.63) is 112 Å². The van der Waals surface area contributed by atoms with E-state index >= 15 is 0 Å². The second-order valence-corrected chi connectivity index (χ2v) is 20.8. The minimum absolute atomic E-state index is 0. The van der Waals surface area contributed by atoms with Gasteiger partial charge in [0.25, 0.3) is 0 Å². The van der Waals surface area contributed by atoms with Crippen LogP contribution in [0.5, 0.6) is 0 Å². The van der Waals surface area contributed by atoms with E-state index in [9.17, 15) is 0 Å². The van der Waals surface area contributed by atoms with Crippen molar-refractivity contribution >= 4 is 25.3 Å². The predicted molar refractivity (Wildman–Crippen MR) is 220 cm³/mol. The van der Waals surface area contributed by atoms with E-state index in [4.69, 9.17) is 0 Å². The molecule has 0 nitrogen and oxygen atoms in total. The number of hydrogen-bond donors (Lipinski definition) is 0. The Labute approximate surface area is 350 Å². The third-order valence-electron chi connectivity index (χ3n) is 12.5. The van der Waals surface area contributed by atoms with E-state index in [1.165, 1.54) is 80.0 Å². The maximum atomic E-state index is 3.57. The molecule has 9 rings (SSSR count). The Hall–Kier alpha value is -1.66. The van der Waals surface area contributed by atoms with Gasteiger partial charge in [-0.05, 0) is 72.5 Å². The fourth-order valence-electron chi connectivity index (χ4n) is 10.0. The molecule has 0 aromatic heterocycles. The molecule has 0 spiro atoms. The molecular weight excluding hydrogens is 763 g/mol. The van der Waals surface area contributed by atoms with Gasteiger partial charge in [0.1, 0.15) is 0 Å². The SMILES string of the molecule is CC(C)(C)c1ccc([CH]=[Zr+2])cc1.CC(C)(C)c1ccc2[cH-]c3ccc(C(C)(C)C)cc3c2c1.CC1=[C-]C(C)C=C1CC12CC3CC(CC(C3)C1)C2.[Cl-].[Cl-]. The first-order valence-electron chi connectivity index (χ1n) is 19.9. The van der Waals surface area contributed by atoms with Crippen molar-refractivity contribution in [3.63, 3.8) is 0 Å². The number of rotatable bonds is 3. The van der Waals surface area contributed by atoms with Crippen molar-refractivity contribution in [2.24, 2.45) is 29.1 Å². The minimum Gasteiger partial charge on any atom is -1.00 e. The zero-order valence-corrected chi connectivity index (χ0v) is 38.5. The summed E-state index contributed by atoms with van der Waals surface area (Å²) in [6, 6.07) is 25.0. The zero-order valence-electron chi connectivity index (χ0n) is 34.5. The summed E-state index contributed by atoms with van der Waals surface area (Å²) in [6.45, 7) is 24.9. The van der Waals surface area contributed by atoms with Crippen LogP contribution in [0.1, 0.15) is 143 Å². The van der Waals surface area contributed by atoms with Gasteiger partial charge in [0.05, 0.1) is 0 Å². The summed E-state index contributed by atoms with van der Waals surface area (Å²) >= 11 is 1.46. The van der Waals surface area contributed by atoms with Gasteiger partial charge in [-0.1, -0.05) is 103 Å². The standard InChI is InChI=1S/C21H25.C18H25.C11H14.2ClH.Zr/c1-20(2,3)16-9-7-14-11-15-8-10-17(21(4,5)6)13-19(15)18(14)12-16;1-12-3-13(2)17(4-12)11-18-8-14-5-15(9-18)7-16(6-14)10-18;1-9-5-7-10(8-6-9)11(2,3)4;;;/h7-13H,1-6H3;4,12,14-16H,5-11H2,1-2H3;1,5-8H,2-4H3;2*1H;/q2*-1;;;;+2/p-2. The summed E-state index contributed by atoms with van der Waals surface area (Å²) in [5, 5.41) is 5.49. The summed E-state index contributed by atoms with van der Waals surface area (Å²) in [5.41, 5.74) is 10.0. The Morgan fingerprint density at radius 1 is 0.679 bits per heavy atom. The van der Waals surface area contributed by atoms with Gasteiger partial charge in [-0.3, -0.25) is 6.08 Å². The summed E-state index contributed by atoms with van der Waals surface area (Å²) in [5.74, 6) is 3.82. The third-order valence-corrected chi connectivity index (χ3v) is 13.3. The van der Waals surface area contributed by atoms with E-state index in [1.54, 1.807) is 44.1 Å². The zero-order chi connectivity index (χ0) is 36.9. The molecule has 4 aromatic carbocycles. The first kappa shape index (κ1) is 44.1. The number of halogens is 2. The molecule has 5 aliphatic rings. The van der Waals surface area contributed by atoms with Crippen molar-refractivity contribution in [3.8, 4) is 0 Å². The van der Waals surface area contributed by atoms with Crippen LogP contribution in [-0.2, 0) is 40.5 Å². The molecule has 4 fully saturated rings. The smallest absolute Gasteiger partial charge is 0.0145 e. The van der Waals surface area contributed by atoms with Gasteiger partial charge in [-0.2, -0.15) is 11.6 Å². The molecular formula is C50H64Cl2Zr-2. The van der Waals surface area contributed by atoms with Crippen LogP contribution < -0.4 is 24.8 Å². The van der Waals surface area contributed by atoms with Crippen LogP contribution in [0.2, 0.25) is 0 Å². The van der Waals surface area contributed by atoms with Gasteiger partial charge in [-0.15, -0.1) is 39.7 Å². The summed E-state index contributed by atoms with van der Waals surface area (Å²) < 4.78 is 2.21. The molecule has 4 bridgehead atoms. The molecule has 1 atom stereocenters. The van der Waals surface area contributed by atoms with E-state index in [-0.39, 0.29) is 41.1 Å². The molecule has 53 heavy (non-hydrogen) atoms. The number of allylic oxidation sites excluding steroid dienone is 4. The Bertz CT molecular complexity index is 1830. The Morgan fingerprint density at radius 3 is 1.45 bits per heavy atom. The normalized spacial score (nSPS) is 24.6. The Kier molecular flexibility index (Phi) is 14.0. The number of fused-ring (bicyclic) bond motifs is 3. The molecule has 1 unspecified atom stereocenters. The van der Waals surface area contributed by atoms with Crippen molar-refractivity contribution < 1.29 is 49.0 Å². The van der Waals surface area contributed by atoms with Crippen molar-refractivity contribution in [2.45, 2.75) is 137 Å². The average molecular weight is 827 g/mol. The van der Waals surface area contributed by atoms with E-state index in [0.29, 0.717) is 11.3 Å². The molecule has 0 N–H and O–H groups in total. The van der Waals surface area contributed by atoms with Gasteiger partial charge in [0, 0.05) is 0 Å². The molecule has 0 saturated heterocycles. The van der Waals surface area contributed by atoms with Crippen LogP contribution in [0.3, 0.4) is 0 Å². The van der Waals surface area contributed by atoms with Gasteiger partial charge < -0.3 is 24.8 Å². The Balaban J connectivity index is 0.000000180. The Morgan fingerprint density at radius 2 is 1.09 bits per heavy atom. The summed E-state index contributed by atoms with van der Waals surface area (Å²) in [6.07, 6.45) is 16.7. The fraction of sp³-hybridized carbons (Fsp3) is 0.520. The van der Waals surface area contributed by atoms with E-state index in [0.717, 1.165) is 17.8 Å².